The molecular formula is C21H27N3O. The van der Waals surface area contributed by atoms with E-state index in [2.05, 4.69) is 54.6 Å². The van der Waals surface area contributed by atoms with E-state index in [0.29, 0.717) is 17.4 Å². The fourth-order valence-corrected chi connectivity index (χ4v) is 4.77. The lowest BCUT2D eigenvalue weighted by atomic mass is 9.53. The molecule has 2 aromatic rings. The van der Waals surface area contributed by atoms with E-state index in [1.54, 1.807) is 6.20 Å². The zero-order valence-corrected chi connectivity index (χ0v) is 15.1. The van der Waals surface area contributed by atoms with Crippen LogP contribution in [-0.2, 0) is 0 Å². The maximum Gasteiger partial charge on any atom is 0.254 e. The molecule has 4 nitrogen and oxygen atoms in total. The van der Waals surface area contributed by atoms with Crippen molar-refractivity contribution in [3.63, 3.8) is 0 Å². The number of carbonyl (C=O) groups is 1. The van der Waals surface area contributed by atoms with Crippen LogP contribution >= 0.6 is 0 Å². The van der Waals surface area contributed by atoms with Gasteiger partial charge in [-0.05, 0) is 44.1 Å². The summed E-state index contributed by atoms with van der Waals surface area (Å²) >= 11 is 0. The second kappa shape index (κ2) is 6.66. The van der Waals surface area contributed by atoms with Gasteiger partial charge in [0, 0.05) is 24.2 Å². The van der Waals surface area contributed by atoms with Crippen LogP contribution in [0, 0.1) is 11.8 Å². The summed E-state index contributed by atoms with van der Waals surface area (Å²) in [5.41, 5.74) is 2.04. The number of rotatable bonds is 4. The van der Waals surface area contributed by atoms with E-state index >= 15 is 0 Å². The average molecular weight is 337 g/mol. The zero-order valence-electron chi connectivity index (χ0n) is 15.1. The smallest absolute Gasteiger partial charge is 0.254 e. The molecule has 0 saturated heterocycles. The molecule has 1 aromatic heterocycles. The van der Waals surface area contributed by atoms with Crippen LogP contribution in [0.4, 0.5) is 0 Å². The van der Waals surface area contributed by atoms with Crippen LogP contribution < -0.4 is 5.32 Å². The summed E-state index contributed by atoms with van der Waals surface area (Å²) < 4.78 is 1.84. The van der Waals surface area contributed by atoms with Crippen LogP contribution in [0.1, 0.15) is 67.4 Å². The minimum atomic E-state index is 0.0156. The number of aromatic nitrogens is 2. The Morgan fingerprint density at radius 3 is 2.56 bits per heavy atom. The standard InChI is InChI=1S/C21H27N3O/c1-14(2)24-13-16(12-22-24)21(25)23-20-18-11-7-6-10-17(18)19(20)15-8-4-3-5-9-15/h3-5,8-9,12-14,17-20H,6-7,10-11H2,1-2H3,(H,23,25)/t17?,18?,19-,20-/m0/s1. The Bertz CT molecular complexity index is 737. The summed E-state index contributed by atoms with van der Waals surface area (Å²) in [7, 11) is 0. The fourth-order valence-electron chi connectivity index (χ4n) is 4.77. The molecule has 1 heterocycles. The highest BCUT2D eigenvalue weighted by Gasteiger charge is 2.51. The monoisotopic (exact) mass is 337 g/mol. The van der Waals surface area contributed by atoms with Gasteiger partial charge in [-0.1, -0.05) is 43.2 Å². The first kappa shape index (κ1) is 16.4. The molecule has 0 radical (unpaired) electrons. The van der Waals surface area contributed by atoms with Crippen molar-refractivity contribution in [2.75, 3.05) is 0 Å². The first-order valence-electron chi connectivity index (χ1n) is 9.55. The summed E-state index contributed by atoms with van der Waals surface area (Å²) in [5.74, 6) is 1.82. The van der Waals surface area contributed by atoms with Gasteiger partial charge in [0.1, 0.15) is 0 Å². The van der Waals surface area contributed by atoms with Gasteiger partial charge in [-0.15, -0.1) is 0 Å². The molecule has 2 fully saturated rings. The normalized spacial score (nSPS) is 28.3. The van der Waals surface area contributed by atoms with Crippen LogP contribution in [0.3, 0.4) is 0 Å². The largest absolute Gasteiger partial charge is 0.348 e. The third-order valence-corrected chi connectivity index (χ3v) is 6.06. The maximum absolute atomic E-state index is 12.8. The average Bonchev–Trinajstić information content (AvgIpc) is 3.11. The van der Waals surface area contributed by atoms with Gasteiger partial charge in [0.2, 0.25) is 0 Å². The number of nitrogens with zero attached hydrogens (tertiary/aromatic N) is 2. The second-order valence-electron chi connectivity index (χ2n) is 7.85. The predicted octanol–water partition coefficient (Wildman–Crippen LogP) is 4.17. The van der Waals surface area contributed by atoms with Crippen molar-refractivity contribution in [3.05, 3.63) is 53.9 Å². The molecule has 0 aliphatic heterocycles. The number of amides is 1. The highest BCUT2D eigenvalue weighted by molar-refractivity contribution is 5.94. The highest BCUT2D eigenvalue weighted by atomic mass is 16.1. The van der Waals surface area contributed by atoms with E-state index in [4.69, 9.17) is 0 Å². The van der Waals surface area contributed by atoms with Gasteiger partial charge in [0.05, 0.1) is 11.8 Å². The second-order valence-corrected chi connectivity index (χ2v) is 7.85. The van der Waals surface area contributed by atoms with Gasteiger partial charge in [-0.2, -0.15) is 5.10 Å². The maximum atomic E-state index is 12.8. The summed E-state index contributed by atoms with van der Waals surface area (Å²) in [6, 6.07) is 11.2. The van der Waals surface area contributed by atoms with Gasteiger partial charge >= 0.3 is 0 Å². The third kappa shape index (κ3) is 2.99. The Balaban J connectivity index is 1.53. The highest BCUT2D eigenvalue weighted by Crippen LogP contribution is 2.54. The Morgan fingerprint density at radius 2 is 1.88 bits per heavy atom. The molecule has 25 heavy (non-hydrogen) atoms. The molecule has 0 bridgehead atoms. The van der Waals surface area contributed by atoms with Crippen molar-refractivity contribution >= 4 is 5.91 Å². The molecule has 1 N–H and O–H groups in total. The van der Waals surface area contributed by atoms with Crippen LogP contribution in [0.2, 0.25) is 0 Å². The van der Waals surface area contributed by atoms with Crippen molar-refractivity contribution in [2.24, 2.45) is 11.8 Å². The van der Waals surface area contributed by atoms with Crippen LogP contribution in [-0.4, -0.2) is 21.7 Å². The molecule has 0 spiro atoms. The Labute approximate surface area is 149 Å². The van der Waals surface area contributed by atoms with Crippen molar-refractivity contribution in [1.82, 2.24) is 15.1 Å². The summed E-state index contributed by atoms with van der Waals surface area (Å²) in [5, 5.41) is 7.64. The number of hydrogen-bond acceptors (Lipinski definition) is 2. The number of hydrogen-bond donors (Lipinski definition) is 1. The number of benzene rings is 1. The van der Waals surface area contributed by atoms with Crippen LogP contribution in [0.15, 0.2) is 42.7 Å². The lowest BCUT2D eigenvalue weighted by Gasteiger charge is -2.55. The van der Waals surface area contributed by atoms with Crippen molar-refractivity contribution in [2.45, 2.75) is 57.5 Å². The summed E-state index contributed by atoms with van der Waals surface area (Å²) in [6.45, 7) is 4.14. The predicted molar refractivity (Wildman–Crippen MR) is 98.5 cm³/mol. The molecule has 4 atom stereocenters. The van der Waals surface area contributed by atoms with E-state index < -0.39 is 0 Å². The van der Waals surface area contributed by atoms with Gasteiger partial charge in [0.15, 0.2) is 0 Å². The molecule has 2 unspecified atom stereocenters. The van der Waals surface area contributed by atoms with Gasteiger partial charge in [-0.25, -0.2) is 0 Å². The first-order chi connectivity index (χ1) is 12.1. The van der Waals surface area contributed by atoms with Crippen molar-refractivity contribution in [1.29, 1.82) is 0 Å². The molecule has 4 heteroatoms. The lowest BCUT2D eigenvalue weighted by Crippen LogP contribution is -2.59. The molecule has 1 aromatic carbocycles. The fraction of sp³-hybridized carbons (Fsp3) is 0.524. The van der Waals surface area contributed by atoms with Gasteiger partial charge in [-0.3, -0.25) is 9.48 Å². The molecule has 132 valence electrons. The Hall–Kier alpha value is -2.10. The molecule has 2 aliphatic carbocycles. The zero-order chi connectivity index (χ0) is 17.4. The molecule has 2 aliphatic rings. The van der Waals surface area contributed by atoms with E-state index in [1.807, 2.05) is 10.9 Å². The number of nitrogens with one attached hydrogen (secondary N) is 1. The minimum Gasteiger partial charge on any atom is -0.348 e. The van der Waals surface area contributed by atoms with E-state index in [-0.39, 0.29) is 18.0 Å². The first-order valence-corrected chi connectivity index (χ1v) is 9.55. The van der Waals surface area contributed by atoms with E-state index in [1.165, 1.54) is 31.2 Å². The Morgan fingerprint density at radius 1 is 1.16 bits per heavy atom. The van der Waals surface area contributed by atoms with Crippen molar-refractivity contribution < 1.29 is 4.79 Å². The number of carbonyl (C=O) groups excluding carboxylic acids is 1. The van der Waals surface area contributed by atoms with Crippen LogP contribution in [0.25, 0.3) is 0 Å². The van der Waals surface area contributed by atoms with E-state index in [9.17, 15) is 4.79 Å². The van der Waals surface area contributed by atoms with Gasteiger partial charge in [0.25, 0.3) is 5.91 Å². The summed E-state index contributed by atoms with van der Waals surface area (Å²) in [4.78, 5) is 12.8. The lowest BCUT2D eigenvalue weighted by molar-refractivity contribution is 0.0252. The summed E-state index contributed by atoms with van der Waals surface area (Å²) in [6.07, 6.45) is 8.69. The molecule has 1 amide bonds. The topological polar surface area (TPSA) is 46.9 Å². The minimum absolute atomic E-state index is 0.0156. The van der Waals surface area contributed by atoms with Crippen LogP contribution in [0.5, 0.6) is 0 Å². The Kier molecular flexibility index (Phi) is 4.36. The SMILES string of the molecule is CC(C)n1cc(C(=O)N[C@H]2C3CCCCC3[C@@H]2c2ccccc2)cn1. The van der Waals surface area contributed by atoms with E-state index in [0.717, 1.165) is 5.92 Å². The third-order valence-electron chi connectivity index (χ3n) is 6.06. The molecule has 2 saturated carbocycles. The van der Waals surface area contributed by atoms with Gasteiger partial charge < -0.3 is 5.32 Å². The van der Waals surface area contributed by atoms with Crippen molar-refractivity contribution in [3.8, 4) is 0 Å². The number of fused-ring (bicyclic) bond motifs is 1. The molecular weight excluding hydrogens is 310 g/mol. The quantitative estimate of drug-likeness (QED) is 0.910. The molecule has 4 rings (SSSR count).